The van der Waals surface area contributed by atoms with Gasteiger partial charge in [0.1, 0.15) is 0 Å². The van der Waals surface area contributed by atoms with Crippen molar-refractivity contribution in [3.05, 3.63) is 35.4 Å². The number of hydrogen-bond acceptors (Lipinski definition) is 1. The van der Waals surface area contributed by atoms with Crippen LogP contribution in [0.3, 0.4) is 0 Å². The van der Waals surface area contributed by atoms with Crippen molar-refractivity contribution in [2.75, 3.05) is 6.54 Å². The maximum atomic E-state index is 3.77. The minimum atomic E-state index is 0.552. The van der Waals surface area contributed by atoms with Gasteiger partial charge in [-0.2, -0.15) is 0 Å². The van der Waals surface area contributed by atoms with E-state index in [2.05, 4.69) is 50.4 Å². The first-order valence-electron chi connectivity index (χ1n) is 8.62. The Bertz CT molecular complexity index is 381. The third kappa shape index (κ3) is 3.63. The monoisotopic (exact) mass is 273 g/mol. The number of hydrogen-bond donors (Lipinski definition) is 1. The van der Waals surface area contributed by atoms with Crippen LogP contribution in [0, 0.1) is 11.8 Å². The second-order valence-corrected chi connectivity index (χ2v) is 6.25. The van der Waals surface area contributed by atoms with E-state index in [0.717, 1.165) is 24.8 Å². The van der Waals surface area contributed by atoms with Crippen molar-refractivity contribution in [3.63, 3.8) is 0 Å². The number of benzene rings is 1. The Kier molecular flexibility index (Phi) is 6.09. The van der Waals surface area contributed by atoms with Gasteiger partial charge in [-0.15, -0.1) is 0 Å². The molecule has 112 valence electrons. The van der Waals surface area contributed by atoms with E-state index in [1.165, 1.54) is 43.2 Å². The predicted molar refractivity (Wildman–Crippen MR) is 88.0 cm³/mol. The molecule has 3 unspecified atom stereocenters. The van der Waals surface area contributed by atoms with Crippen LogP contribution >= 0.6 is 0 Å². The third-order valence-corrected chi connectivity index (χ3v) is 5.09. The lowest BCUT2D eigenvalue weighted by atomic mass is 9.72. The molecule has 1 aromatic carbocycles. The molecule has 0 amide bonds. The molecule has 1 aliphatic rings. The number of rotatable bonds is 6. The fourth-order valence-electron chi connectivity index (χ4n) is 3.88. The molecule has 1 saturated carbocycles. The van der Waals surface area contributed by atoms with Crippen LogP contribution in [0.2, 0.25) is 0 Å². The molecule has 0 bridgehead atoms. The molecule has 2 rings (SSSR count). The molecule has 1 N–H and O–H groups in total. The van der Waals surface area contributed by atoms with Gasteiger partial charge in [-0.1, -0.05) is 70.7 Å². The second kappa shape index (κ2) is 7.83. The van der Waals surface area contributed by atoms with Crippen molar-refractivity contribution in [2.45, 2.75) is 65.3 Å². The Morgan fingerprint density at radius 2 is 1.75 bits per heavy atom. The van der Waals surface area contributed by atoms with E-state index >= 15 is 0 Å². The van der Waals surface area contributed by atoms with Gasteiger partial charge < -0.3 is 5.32 Å². The summed E-state index contributed by atoms with van der Waals surface area (Å²) in [5.41, 5.74) is 2.94. The number of aryl methyl sites for hydroxylation is 1. The highest BCUT2D eigenvalue weighted by molar-refractivity contribution is 5.26. The van der Waals surface area contributed by atoms with Crippen LogP contribution in [0.15, 0.2) is 24.3 Å². The molecule has 1 nitrogen and oxygen atoms in total. The zero-order chi connectivity index (χ0) is 14.4. The zero-order valence-electron chi connectivity index (χ0n) is 13.5. The number of nitrogens with one attached hydrogen (secondary N) is 1. The lowest BCUT2D eigenvalue weighted by Gasteiger charge is -2.37. The van der Waals surface area contributed by atoms with Gasteiger partial charge in [0, 0.05) is 6.04 Å². The molecule has 0 saturated heterocycles. The Labute approximate surface area is 125 Å². The van der Waals surface area contributed by atoms with Crippen molar-refractivity contribution in [1.82, 2.24) is 5.32 Å². The summed E-state index contributed by atoms with van der Waals surface area (Å²) in [6, 6.07) is 9.88. The van der Waals surface area contributed by atoms with E-state index in [4.69, 9.17) is 0 Å². The van der Waals surface area contributed by atoms with Gasteiger partial charge in [0.2, 0.25) is 0 Å². The summed E-state index contributed by atoms with van der Waals surface area (Å²) in [5.74, 6) is 1.72. The Morgan fingerprint density at radius 3 is 2.35 bits per heavy atom. The molecule has 1 heteroatoms. The molecule has 0 radical (unpaired) electrons. The van der Waals surface area contributed by atoms with Crippen LogP contribution < -0.4 is 5.32 Å². The second-order valence-electron chi connectivity index (χ2n) is 6.25. The summed E-state index contributed by atoms with van der Waals surface area (Å²) in [6.07, 6.45) is 8.13. The van der Waals surface area contributed by atoms with Crippen LogP contribution in [0.25, 0.3) is 0 Å². The lowest BCUT2D eigenvalue weighted by Crippen LogP contribution is -2.34. The van der Waals surface area contributed by atoms with Crippen molar-refractivity contribution in [3.8, 4) is 0 Å². The van der Waals surface area contributed by atoms with E-state index in [9.17, 15) is 0 Å². The van der Waals surface area contributed by atoms with Crippen LogP contribution in [-0.2, 0) is 6.42 Å². The maximum Gasteiger partial charge on any atom is 0.0351 e. The minimum absolute atomic E-state index is 0.552. The Morgan fingerprint density at radius 1 is 1.05 bits per heavy atom. The fraction of sp³-hybridized carbons (Fsp3) is 0.684. The molecule has 0 aromatic heterocycles. The molecule has 3 atom stereocenters. The summed E-state index contributed by atoms with van der Waals surface area (Å²) < 4.78 is 0. The highest BCUT2D eigenvalue weighted by atomic mass is 14.9. The summed E-state index contributed by atoms with van der Waals surface area (Å²) in [7, 11) is 0. The normalized spacial score (nSPS) is 24.6. The fourth-order valence-corrected chi connectivity index (χ4v) is 3.88. The van der Waals surface area contributed by atoms with Gasteiger partial charge in [-0.3, -0.25) is 0 Å². The van der Waals surface area contributed by atoms with E-state index < -0.39 is 0 Å². The molecule has 1 aliphatic carbocycles. The van der Waals surface area contributed by atoms with Crippen LogP contribution in [0.1, 0.15) is 70.0 Å². The highest BCUT2D eigenvalue weighted by Gasteiger charge is 2.31. The van der Waals surface area contributed by atoms with E-state index in [1.54, 1.807) is 0 Å². The van der Waals surface area contributed by atoms with Gasteiger partial charge in [-0.25, -0.2) is 0 Å². The first-order valence-corrected chi connectivity index (χ1v) is 8.62. The van der Waals surface area contributed by atoms with Gasteiger partial charge in [0.15, 0.2) is 0 Å². The molecule has 0 heterocycles. The Balaban J connectivity index is 2.19. The van der Waals surface area contributed by atoms with Crippen molar-refractivity contribution in [2.24, 2.45) is 11.8 Å². The lowest BCUT2D eigenvalue weighted by molar-refractivity contribution is 0.177. The van der Waals surface area contributed by atoms with Crippen molar-refractivity contribution in [1.29, 1.82) is 0 Å². The van der Waals surface area contributed by atoms with Gasteiger partial charge in [0.05, 0.1) is 0 Å². The summed E-state index contributed by atoms with van der Waals surface area (Å²) in [5, 5.41) is 3.77. The van der Waals surface area contributed by atoms with Gasteiger partial charge in [-0.05, 0) is 42.3 Å². The van der Waals surface area contributed by atoms with E-state index in [0.29, 0.717) is 6.04 Å². The average Bonchev–Trinajstić information content (AvgIpc) is 2.53. The molecular weight excluding hydrogens is 242 g/mol. The smallest absolute Gasteiger partial charge is 0.0351 e. The average molecular weight is 273 g/mol. The molecule has 1 aromatic rings. The molecular formula is C19H31N. The van der Waals surface area contributed by atoms with E-state index in [-0.39, 0.29) is 0 Å². The summed E-state index contributed by atoms with van der Waals surface area (Å²) >= 11 is 0. The van der Waals surface area contributed by atoms with Crippen molar-refractivity contribution >= 4 is 0 Å². The standard InChI is InChI=1S/C19H31N/c1-4-15-11-13-17(14-12-15)19(20-6-3)18-10-8-7-9-16(18)5-2/h11-14,16,18-20H,4-10H2,1-3H3. The topological polar surface area (TPSA) is 12.0 Å². The zero-order valence-corrected chi connectivity index (χ0v) is 13.5. The van der Waals surface area contributed by atoms with Crippen LogP contribution in [0.5, 0.6) is 0 Å². The first-order chi connectivity index (χ1) is 9.80. The highest BCUT2D eigenvalue weighted by Crippen LogP contribution is 2.40. The largest absolute Gasteiger partial charge is 0.310 e. The molecule has 0 spiro atoms. The molecule has 0 aliphatic heterocycles. The maximum absolute atomic E-state index is 3.77. The van der Waals surface area contributed by atoms with E-state index in [1.807, 2.05) is 0 Å². The first kappa shape index (κ1) is 15.6. The summed E-state index contributed by atoms with van der Waals surface area (Å²) in [6.45, 7) is 7.89. The van der Waals surface area contributed by atoms with Crippen LogP contribution in [0.4, 0.5) is 0 Å². The van der Waals surface area contributed by atoms with Crippen molar-refractivity contribution < 1.29 is 0 Å². The summed E-state index contributed by atoms with van der Waals surface area (Å²) in [4.78, 5) is 0. The quantitative estimate of drug-likeness (QED) is 0.759. The molecule has 1 fully saturated rings. The van der Waals surface area contributed by atoms with Gasteiger partial charge >= 0.3 is 0 Å². The Hall–Kier alpha value is -0.820. The predicted octanol–water partition coefficient (Wildman–Crippen LogP) is 5.12. The third-order valence-electron chi connectivity index (χ3n) is 5.09. The van der Waals surface area contributed by atoms with Crippen LogP contribution in [-0.4, -0.2) is 6.54 Å². The SMILES string of the molecule is CCNC(c1ccc(CC)cc1)C1CCCCC1CC. The minimum Gasteiger partial charge on any atom is -0.310 e. The van der Waals surface area contributed by atoms with Gasteiger partial charge in [0.25, 0.3) is 0 Å². The molecule has 20 heavy (non-hydrogen) atoms.